The molecule has 2 aromatic carbocycles. The van der Waals surface area contributed by atoms with Gasteiger partial charge < -0.3 is 14.2 Å². The molecular formula is C15H11BrO4. The van der Waals surface area contributed by atoms with Crippen LogP contribution in [0.5, 0.6) is 17.2 Å². The molecule has 4 nitrogen and oxygen atoms in total. The highest BCUT2D eigenvalue weighted by Crippen LogP contribution is 2.34. The van der Waals surface area contributed by atoms with Gasteiger partial charge in [-0.3, -0.25) is 4.79 Å². The van der Waals surface area contributed by atoms with Crippen LogP contribution in [0.15, 0.2) is 40.9 Å². The number of carbonyl (C=O) groups excluding carboxylic acids is 1. The molecule has 0 saturated heterocycles. The van der Waals surface area contributed by atoms with Crippen molar-refractivity contribution < 1.29 is 19.0 Å². The van der Waals surface area contributed by atoms with E-state index in [2.05, 4.69) is 15.9 Å². The minimum absolute atomic E-state index is 0.124. The van der Waals surface area contributed by atoms with Crippen LogP contribution in [0.1, 0.15) is 15.9 Å². The van der Waals surface area contributed by atoms with Gasteiger partial charge in [0.15, 0.2) is 17.3 Å². The molecular weight excluding hydrogens is 324 g/mol. The van der Waals surface area contributed by atoms with Crippen LogP contribution in [-0.2, 0) is 0 Å². The maximum Gasteiger partial charge on any atom is 0.231 e. The molecule has 0 aliphatic carbocycles. The van der Waals surface area contributed by atoms with Crippen molar-refractivity contribution in [2.45, 2.75) is 0 Å². The fourth-order valence-electron chi connectivity index (χ4n) is 2.05. The number of halogens is 1. The molecule has 0 atom stereocenters. The minimum atomic E-state index is -0.124. The zero-order valence-electron chi connectivity index (χ0n) is 10.7. The summed E-state index contributed by atoms with van der Waals surface area (Å²) in [6, 6.07) is 10.5. The van der Waals surface area contributed by atoms with Gasteiger partial charge in [-0.05, 0) is 36.4 Å². The first kappa shape index (κ1) is 13.0. The molecule has 0 radical (unpaired) electrons. The monoisotopic (exact) mass is 334 g/mol. The van der Waals surface area contributed by atoms with E-state index in [1.165, 1.54) is 0 Å². The number of hydrogen-bond donors (Lipinski definition) is 0. The summed E-state index contributed by atoms with van der Waals surface area (Å²) in [5.74, 6) is 1.66. The SMILES string of the molecule is COc1ccc(Br)cc1C(=O)c1ccc2c(c1)OCO2. The lowest BCUT2D eigenvalue weighted by Crippen LogP contribution is -2.04. The third-order valence-corrected chi connectivity index (χ3v) is 3.53. The Labute approximate surface area is 124 Å². The number of methoxy groups -OCH3 is 1. The van der Waals surface area contributed by atoms with Gasteiger partial charge in [-0.15, -0.1) is 0 Å². The van der Waals surface area contributed by atoms with E-state index in [4.69, 9.17) is 14.2 Å². The molecule has 2 aromatic rings. The molecule has 0 spiro atoms. The highest BCUT2D eigenvalue weighted by atomic mass is 79.9. The van der Waals surface area contributed by atoms with Crippen molar-refractivity contribution in [2.24, 2.45) is 0 Å². The second kappa shape index (κ2) is 5.17. The number of ketones is 1. The van der Waals surface area contributed by atoms with E-state index < -0.39 is 0 Å². The van der Waals surface area contributed by atoms with Crippen LogP contribution >= 0.6 is 15.9 Å². The van der Waals surface area contributed by atoms with Crippen molar-refractivity contribution in [2.75, 3.05) is 13.9 Å². The van der Waals surface area contributed by atoms with E-state index in [1.807, 2.05) is 6.07 Å². The van der Waals surface area contributed by atoms with Crippen molar-refractivity contribution in [1.29, 1.82) is 0 Å². The smallest absolute Gasteiger partial charge is 0.231 e. The second-order valence-electron chi connectivity index (χ2n) is 4.24. The van der Waals surface area contributed by atoms with Gasteiger partial charge in [0, 0.05) is 10.0 Å². The van der Waals surface area contributed by atoms with E-state index in [1.54, 1.807) is 37.4 Å². The first-order chi connectivity index (χ1) is 9.69. The maximum absolute atomic E-state index is 12.6. The molecule has 0 amide bonds. The summed E-state index contributed by atoms with van der Waals surface area (Å²) >= 11 is 3.36. The van der Waals surface area contributed by atoms with Crippen molar-refractivity contribution in [3.05, 3.63) is 52.0 Å². The Balaban J connectivity index is 2.02. The largest absolute Gasteiger partial charge is 0.496 e. The molecule has 0 saturated carbocycles. The Morgan fingerprint density at radius 1 is 1.15 bits per heavy atom. The first-order valence-electron chi connectivity index (χ1n) is 5.97. The van der Waals surface area contributed by atoms with Gasteiger partial charge in [-0.2, -0.15) is 0 Å². The van der Waals surface area contributed by atoms with E-state index in [0.29, 0.717) is 28.4 Å². The molecule has 1 aliphatic heterocycles. The summed E-state index contributed by atoms with van der Waals surface area (Å²) in [7, 11) is 1.54. The molecule has 0 bridgehead atoms. The van der Waals surface area contributed by atoms with Crippen LogP contribution in [-0.4, -0.2) is 19.7 Å². The van der Waals surface area contributed by atoms with Gasteiger partial charge in [0.1, 0.15) is 5.75 Å². The van der Waals surface area contributed by atoms with E-state index >= 15 is 0 Å². The summed E-state index contributed by atoms with van der Waals surface area (Å²) < 4.78 is 16.6. The Morgan fingerprint density at radius 2 is 1.95 bits per heavy atom. The van der Waals surface area contributed by atoms with Crippen molar-refractivity contribution in [3.63, 3.8) is 0 Å². The summed E-state index contributed by atoms with van der Waals surface area (Å²) in [6.07, 6.45) is 0. The number of fused-ring (bicyclic) bond motifs is 1. The van der Waals surface area contributed by atoms with Gasteiger partial charge >= 0.3 is 0 Å². The number of benzene rings is 2. The quantitative estimate of drug-likeness (QED) is 0.807. The third kappa shape index (κ3) is 2.25. The average molecular weight is 335 g/mol. The fourth-order valence-corrected chi connectivity index (χ4v) is 2.41. The maximum atomic E-state index is 12.6. The van der Waals surface area contributed by atoms with Crippen LogP contribution in [0.3, 0.4) is 0 Å². The predicted molar refractivity (Wildman–Crippen MR) is 76.7 cm³/mol. The zero-order chi connectivity index (χ0) is 14.1. The summed E-state index contributed by atoms with van der Waals surface area (Å²) in [5.41, 5.74) is 1.03. The highest BCUT2D eigenvalue weighted by Gasteiger charge is 2.19. The Kier molecular flexibility index (Phi) is 3.36. The number of rotatable bonds is 3. The molecule has 0 fully saturated rings. The third-order valence-electron chi connectivity index (χ3n) is 3.04. The van der Waals surface area contributed by atoms with E-state index in [0.717, 1.165) is 4.47 Å². The van der Waals surface area contributed by atoms with Gasteiger partial charge in [-0.1, -0.05) is 15.9 Å². The summed E-state index contributed by atoms with van der Waals surface area (Å²) in [6.45, 7) is 0.188. The van der Waals surface area contributed by atoms with Crippen LogP contribution in [0.2, 0.25) is 0 Å². The Hall–Kier alpha value is -2.01. The van der Waals surface area contributed by atoms with Gasteiger partial charge in [0.05, 0.1) is 12.7 Å². The highest BCUT2D eigenvalue weighted by molar-refractivity contribution is 9.10. The fraction of sp³-hybridized carbons (Fsp3) is 0.133. The van der Waals surface area contributed by atoms with Crippen LogP contribution in [0, 0.1) is 0 Å². The second-order valence-corrected chi connectivity index (χ2v) is 5.16. The number of ether oxygens (including phenoxy) is 3. The minimum Gasteiger partial charge on any atom is -0.496 e. The van der Waals surface area contributed by atoms with Crippen molar-refractivity contribution >= 4 is 21.7 Å². The lowest BCUT2D eigenvalue weighted by Gasteiger charge is -2.08. The number of hydrogen-bond acceptors (Lipinski definition) is 4. The Bertz CT molecular complexity index is 682. The molecule has 5 heteroatoms. The van der Waals surface area contributed by atoms with Crippen molar-refractivity contribution in [3.8, 4) is 17.2 Å². The first-order valence-corrected chi connectivity index (χ1v) is 6.76. The average Bonchev–Trinajstić information content (AvgIpc) is 2.93. The van der Waals surface area contributed by atoms with E-state index in [-0.39, 0.29) is 12.6 Å². The lowest BCUT2D eigenvalue weighted by molar-refractivity contribution is 0.103. The topological polar surface area (TPSA) is 44.8 Å². The molecule has 0 N–H and O–H groups in total. The molecule has 0 unspecified atom stereocenters. The number of carbonyl (C=O) groups is 1. The van der Waals surface area contributed by atoms with Gasteiger partial charge in [0.2, 0.25) is 6.79 Å². The summed E-state index contributed by atoms with van der Waals surface area (Å²) in [4.78, 5) is 12.6. The molecule has 1 heterocycles. The van der Waals surface area contributed by atoms with E-state index in [9.17, 15) is 4.79 Å². The van der Waals surface area contributed by atoms with Crippen LogP contribution < -0.4 is 14.2 Å². The van der Waals surface area contributed by atoms with Gasteiger partial charge in [-0.25, -0.2) is 0 Å². The van der Waals surface area contributed by atoms with Crippen LogP contribution in [0.25, 0.3) is 0 Å². The lowest BCUT2D eigenvalue weighted by atomic mass is 10.0. The molecule has 102 valence electrons. The van der Waals surface area contributed by atoms with Gasteiger partial charge in [0.25, 0.3) is 0 Å². The Morgan fingerprint density at radius 3 is 2.75 bits per heavy atom. The predicted octanol–water partition coefficient (Wildman–Crippen LogP) is 3.42. The normalized spacial score (nSPS) is 12.3. The van der Waals surface area contributed by atoms with Crippen LogP contribution in [0.4, 0.5) is 0 Å². The zero-order valence-corrected chi connectivity index (χ0v) is 12.3. The van der Waals surface area contributed by atoms with Crippen molar-refractivity contribution in [1.82, 2.24) is 0 Å². The molecule has 1 aliphatic rings. The molecule has 0 aromatic heterocycles. The summed E-state index contributed by atoms with van der Waals surface area (Å²) in [5, 5.41) is 0. The molecule has 3 rings (SSSR count). The molecule has 20 heavy (non-hydrogen) atoms. The standard InChI is InChI=1S/C15H11BrO4/c1-18-12-5-3-10(16)7-11(12)15(17)9-2-4-13-14(6-9)20-8-19-13/h2-7H,8H2,1H3.